The third-order valence-corrected chi connectivity index (χ3v) is 4.75. The third kappa shape index (κ3) is 3.93. The summed E-state index contributed by atoms with van der Waals surface area (Å²) in [5, 5.41) is 0.338. The molecule has 0 aromatic heterocycles. The number of benzene rings is 2. The number of ether oxygens (including phenoxy) is 1. The molecular formula is C16H18ClNO3S. The average Bonchev–Trinajstić information content (AvgIpc) is 2.49. The highest BCUT2D eigenvalue weighted by Crippen LogP contribution is 2.29. The highest BCUT2D eigenvalue weighted by Gasteiger charge is 2.20. The maximum absolute atomic E-state index is 12.6. The lowest BCUT2D eigenvalue weighted by Gasteiger charge is -2.13. The Bertz CT molecular complexity index is 742. The van der Waals surface area contributed by atoms with Crippen LogP contribution in [-0.2, 0) is 16.4 Å². The predicted molar refractivity (Wildman–Crippen MR) is 89.2 cm³/mol. The Morgan fingerprint density at radius 2 is 1.77 bits per heavy atom. The number of nitrogens with one attached hydrogen (secondary N) is 1. The van der Waals surface area contributed by atoms with Gasteiger partial charge in [-0.3, -0.25) is 4.72 Å². The van der Waals surface area contributed by atoms with Gasteiger partial charge in [-0.05, 0) is 49.2 Å². The topological polar surface area (TPSA) is 55.4 Å². The molecule has 2 aromatic rings. The summed E-state index contributed by atoms with van der Waals surface area (Å²) in [6.07, 6.45) is 0.899. The van der Waals surface area contributed by atoms with Crippen molar-refractivity contribution >= 4 is 27.3 Å². The molecule has 0 unspecified atom stereocenters. The molecule has 22 heavy (non-hydrogen) atoms. The first-order valence-corrected chi connectivity index (χ1v) is 8.86. The minimum Gasteiger partial charge on any atom is -0.492 e. The number of rotatable bonds is 6. The van der Waals surface area contributed by atoms with Crippen LogP contribution in [0.2, 0.25) is 5.02 Å². The minimum atomic E-state index is -3.77. The van der Waals surface area contributed by atoms with Gasteiger partial charge in [0.25, 0.3) is 10.0 Å². The summed E-state index contributed by atoms with van der Waals surface area (Å²) in [6, 6.07) is 11.8. The van der Waals surface area contributed by atoms with Gasteiger partial charge in [0.2, 0.25) is 0 Å². The number of halogens is 1. The van der Waals surface area contributed by atoms with Gasteiger partial charge in [-0.2, -0.15) is 0 Å². The van der Waals surface area contributed by atoms with E-state index in [0.717, 1.165) is 12.0 Å². The zero-order valence-corrected chi connectivity index (χ0v) is 14.0. The van der Waals surface area contributed by atoms with Crippen LogP contribution in [0.4, 0.5) is 5.69 Å². The molecule has 6 heteroatoms. The molecule has 0 saturated heterocycles. The van der Waals surface area contributed by atoms with Crippen LogP contribution in [0.1, 0.15) is 19.4 Å². The highest BCUT2D eigenvalue weighted by atomic mass is 35.5. The monoisotopic (exact) mass is 339 g/mol. The number of sulfonamides is 1. The van der Waals surface area contributed by atoms with Gasteiger partial charge >= 0.3 is 0 Å². The lowest BCUT2D eigenvalue weighted by molar-refractivity contribution is 0.331. The van der Waals surface area contributed by atoms with Gasteiger partial charge in [0.05, 0.1) is 6.61 Å². The molecule has 2 aromatic carbocycles. The normalized spacial score (nSPS) is 11.2. The quantitative estimate of drug-likeness (QED) is 0.862. The van der Waals surface area contributed by atoms with Crippen LogP contribution in [0, 0.1) is 0 Å². The second-order valence-electron chi connectivity index (χ2n) is 4.68. The molecule has 0 spiro atoms. The number of anilines is 1. The van der Waals surface area contributed by atoms with E-state index in [4.69, 9.17) is 16.3 Å². The van der Waals surface area contributed by atoms with E-state index in [1.54, 1.807) is 31.2 Å². The standard InChI is InChI=1S/C16H18ClNO3S/c1-3-12-5-8-14(9-6-12)18-22(19,20)16-11-13(17)7-10-15(16)21-4-2/h5-11,18H,3-4H2,1-2H3. The molecule has 118 valence electrons. The van der Waals surface area contributed by atoms with Crippen LogP contribution in [-0.4, -0.2) is 15.0 Å². The van der Waals surface area contributed by atoms with E-state index in [-0.39, 0.29) is 10.6 Å². The van der Waals surface area contributed by atoms with Crippen molar-refractivity contribution in [2.24, 2.45) is 0 Å². The molecule has 0 saturated carbocycles. The van der Waals surface area contributed by atoms with Crippen LogP contribution in [0.15, 0.2) is 47.4 Å². The summed E-state index contributed by atoms with van der Waals surface area (Å²) in [6.45, 7) is 4.21. The van der Waals surface area contributed by atoms with Gasteiger partial charge in [0.15, 0.2) is 0 Å². The van der Waals surface area contributed by atoms with Gasteiger partial charge in [-0.25, -0.2) is 8.42 Å². The molecule has 4 nitrogen and oxygen atoms in total. The largest absolute Gasteiger partial charge is 0.492 e. The summed E-state index contributed by atoms with van der Waals surface area (Å²) in [5.74, 6) is 0.282. The van der Waals surface area contributed by atoms with E-state index < -0.39 is 10.0 Å². The first kappa shape index (κ1) is 16.6. The SMILES string of the molecule is CCOc1ccc(Cl)cc1S(=O)(=O)Nc1ccc(CC)cc1. The number of aryl methyl sites for hydroxylation is 1. The van der Waals surface area contributed by atoms with Gasteiger partial charge in [-0.15, -0.1) is 0 Å². The number of hydrogen-bond acceptors (Lipinski definition) is 3. The van der Waals surface area contributed by atoms with Crippen LogP contribution in [0.3, 0.4) is 0 Å². The Hall–Kier alpha value is -1.72. The molecule has 0 fully saturated rings. The lowest BCUT2D eigenvalue weighted by atomic mass is 10.2. The summed E-state index contributed by atoms with van der Waals surface area (Å²) in [4.78, 5) is 0.0291. The zero-order valence-electron chi connectivity index (χ0n) is 12.5. The van der Waals surface area contributed by atoms with Crippen molar-refractivity contribution in [3.8, 4) is 5.75 Å². The molecule has 0 bridgehead atoms. The molecule has 1 N–H and O–H groups in total. The van der Waals surface area contributed by atoms with E-state index >= 15 is 0 Å². The maximum atomic E-state index is 12.6. The van der Waals surface area contributed by atoms with Crippen LogP contribution in [0.5, 0.6) is 5.75 Å². The fourth-order valence-electron chi connectivity index (χ4n) is 1.99. The van der Waals surface area contributed by atoms with E-state index in [1.807, 2.05) is 19.1 Å². The van der Waals surface area contributed by atoms with Crippen molar-refractivity contribution in [1.29, 1.82) is 0 Å². The summed E-state index contributed by atoms with van der Waals surface area (Å²) in [5.41, 5.74) is 1.64. The molecular weight excluding hydrogens is 322 g/mol. The summed E-state index contributed by atoms with van der Waals surface area (Å²) in [7, 11) is -3.77. The zero-order chi connectivity index (χ0) is 16.2. The van der Waals surface area contributed by atoms with E-state index in [0.29, 0.717) is 17.3 Å². The van der Waals surface area contributed by atoms with Crippen molar-refractivity contribution in [2.45, 2.75) is 25.2 Å². The fourth-order valence-corrected chi connectivity index (χ4v) is 3.45. The number of hydrogen-bond donors (Lipinski definition) is 1. The van der Waals surface area contributed by atoms with Gasteiger partial charge in [-0.1, -0.05) is 30.7 Å². The van der Waals surface area contributed by atoms with E-state index in [1.165, 1.54) is 6.07 Å². The Morgan fingerprint density at radius 1 is 1.09 bits per heavy atom. The Balaban J connectivity index is 2.35. The van der Waals surface area contributed by atoms with Crippen molar-refractivity contribution in [3.63, 3.8) is 0 Å². The van der Waals surface area contributed by atoms with Crippen LogP contribution in [0.25, 0.3) is 0 Å². The summed E-state index contributed by atoms with van der Waals surface area (Å²) < 4.78 is 33.0. The second-order valence-corrected chi connectivity index (χ2v) is 6.77. The Morgan fingerprint density at radius 3 is 2.36 bits per heavy atom. The maximum Gasteiger partial charge on any atom is 0.265 e. The summed E-state index contributed by atoms with van der Waals surface area (Å²) >= 11 is 5.92. The highest BCUT2D eigenvalue weighted by molar-refractivity contribution is 7.92. The predicted octanol–water partition coefficient (Wildman–Crippen LogP) is 4.10. The Kier molecular flexibility index (Phi) is 5.32. The average molecular weight is 340 g/mol. The van der Waals surface area contributed by atoms with E-state index in [9.17, 15) is 8.42 Å². The van der Waals surface area contributed by atoms with Crippen LogP contribution >= 0.6 is 11.6 Å². The molecule has 0 heterocycles. The molecule has 0 radical (unpaired) electrons. The Labute approximate surface area is 136 Å². The first-order valence-electron chi connectivity index (χ1n) is 7.00. The van der Waals surface area contributed by atoms with E-state index in [2.05, 4.69) is 4.72 Å². The van der Waals surface area contributed by atoms with Gasteiger partial charge in [0, 0.05) is 10.7 Å². The van der Waals surface area contributed by atoms with Gasteiger partial charge < -0.3 is 4.74 Å². The van der Waals surface area contributed by atoms with Crippen molar-refractivity contribution in [1.82, 2.24) is 0 Å². The first-order chi connectivity index (χ1) is 10.5. The molecule has 0 aliphatic rings. The second kappa shape index (κ2) is 7.03. The third-order valence-electron chi connectivity index (χ3n) is 3.11. The smallest absolute Gasteiger partial charge is 0.265 e. The molecule has 0 aliphatic heterocycles. The lowest BCUT2D eigenvalue weighted by Crippen LogP contribution is -2.14. The molecule has 0 aliphatic carbocycles. The molecule has 0 atom stereocenters. The van der Waals surface area contributed by atoms with Gasteiger partial charge in [0.1, 0.15) is 10.6 Å². The minimum absolute atomic E-state index is 0.0291. The van der Waals surface area contributed by atoms with Crippen molar-refractivity contribution in [3.05, 3.63) is 53.1 Å². The van der Waals surface area contributed by atoms with Crippen LogP contribution < -0.4 is 9.46 Å². The molecule has 2 rings (SSSR count). The van der Waals surface area contributed by atoms with Crippen molar-refractivity contribution < 1.29 is 13.2 Å². The van der Waals surface area contributed by atoms with Crippen molar-refractivity contribution in [2.75, 3.05) is 11.3 Å². The fraction of sp³-hybridized carbons (Fsp3) is 0.250. The molecule has 0 amide bonds.